The summed E-state index contributed by atoms with van der Waals surface area (Å²) in [5.41, 5.74) is 3.32. The highest BCUT2D eigenvalue weighted by Gasteiger charge is 2.05. The smallest absolute Gasteiger partial charge is 0.303 e. The van der Waals surface area contributed by atoms with E-state index in [-0.39, 0.29) is 6.42 Å². The standard InChI is InChI=1S/C15H14N2O2/c18-15(19)3-1-2-10-4-5-11-12-9-16-7-6-13(12)17-14(11)8-10/h4-9,17H,1-3H2,(H,18,19). The summed E-state index contributed by atoms with van der Waals surface area (Å²) in [4.78, 5) is 18.0. The van der Waals surface area contributed by atoms with Gasteiger partial charge in [-0.2, -0.15) is 0 Å². The molecule has 0 saturated carbocycles. The fraction of sp³-hybridized carbons (Fsp3) is 0.200. The Balaban J connectivity index is 1.92. The molecule has 0 aliphatic rings. The normalized spacial score (nSPS) is 11.2. The van der Waals surface area contributed by atoms with Crippen molar-refractivity contribution in [3.63, 3.8) is 0 Å². The van der Waals surface area contributed by atoms with Crippen molar-refractivity contribution < 1.29 is 9.90 Å². The van der Waals surface area contributed by atoms with E-state index in [9.17, 15) is 4.79 Å². The van der Waals surface area contributed by atoms with Gasteiger partial charge in [-0.3, -0.25) is 9.78 Å². The van der Waals surface area contributed by atoms with Crippen LogP contribution in [0.5, 0.6) is 0 Å². The van der Waals surface area contributed by atoms with Crippen molar-refractivity contribution >= 4 is 27.8 Å². The molecule has 19 heavy (non-hydrogen) atoms. The van der Waals surface area contributed by atoms with E-state index in [0.717, 1.165) is 33.8 Å². The summed E-state index contributed by atoms with van der Waals surface area (Å²) in [6.45, 7) is 0. The van der Waals surface area contributed by atoms with Crippen molar-refractivity contribution in [1.29, 1.82) is 0 Å². The molecular weight excluding hydrogens is 240 g/mol. The van der Waals surface area contributed by atoms with Crippen LogP contribution in [0.2, 0.25) is 0 Å². The summed E-state index contributed by atoms with van der Waals surface area (Å²) in [6.07, 6.45) is 5.30. The third-order valence-electron chi connectivity index (χ3n) is 3.32. The van der Waals surface area contributed by atoms with Gasteiger partial charge in [0.1, 0.15) is 0 Å². The van der Waals surface area contributed by atoms with E-state index in [1.165, 1.54) is 0 Å². The molecule has 3 aromatic rings. The molecule has 2 aromatic heterocycles. The summed E-state index contributed by atoms with van der Waals surface area (Å²) in [6, 6.07) is 8.19. The molecule has 96 valence electrons. The van der Waals surface area contributed by atoms with E-state index >= 15 is 0 Å². The number of hydrogen-bond donors (Lipinski definition) is 2. The lowest BCUT2D eigenvalue weighted by Gasteiger charge is -2.00. The first kappa shape index (κ1) is 11.7. The Morgan fingerprint density at radius 3 is 2.95 bits per heavy atom. The van der Waals surface area contributed by atoms with Gasteiger partial charge in [-0.1, -0.05) is 12.1 Å². The minimum atomic E-state index is -0.738. The molecule has 0 unspecified atom stereocenters. The molecule has 0 radical (unpaired) electrons. The van der Waals surface area contributed by atoms with Crippen LogP contribution in [-0.4, -0.2) is 21.0 Å². The Morgan fingerprint density at radius 2 is 2.11 bits per heavy atom. The second kappa shape index (κ2) is 4.72. The summed E-state index contributed by atoms with van der Waals surface area (Å²) in [7, 11) is 0. The molecule has 0 aliphatic heterocycles. The van der Waals surface area contributed by atoms with Crippen LogP contribution < -0.4 is 0 Å². The van der Waals surface area contributed by atoms with Crippen LogP contribution in [0.1, 0.15) is 18.4 Å². The number of aliphatic carboxylic acids is 1. The number of aromatic nitrogens is 2. The van der Waals surface area contributed by atoms with Gasteiger partial charge in [-0.25, -0.2) is 0 Å². The third-order valence-corrected chi connectivity index (χ3v) is 3.32. The number of hydrogen-bond acceptors (Lipinski definition) is 2. The van der Waals surface area contributed by atoms with Gasteiger partial charge >= 0.3 is 5.97 Å². The number of aryl methyl sites for hydroxylation is 1. The van der Waals surface area contributed by atoms with Crippen molar-refractivity contribution in [2.45, 2.75) is 19.3 Å². The molecule has 0 fully saturated rings. The van der Waals surface area contributed by atoms with Crippen LogP contribution in [0.25, 0.3) is 21.8 Å². The minimum Gasteiger partial charge on any atom is -0.481 e. The summed E-state index contributed by atoms with van der Waals surface area (Å²) < 4.78 is 0. The fourth-order valence-electron chi connectivity index (χ4n) is 2.39. The van der Waals surface area contributed by atoms with Crippen LogP contribution in [0, 0.1) is 0 Å². The van der Waals surface area contributed by atoms with Gasteiger partial charge < -0.3 is 10.1 Å². The SMILES string of the molecule is O=C(O)CCCc1ccc2c(c1)[nH]c1ccncc12. The highest BCUT2D eigenvalue weighted by Crippen LogP contribution is 2.25. The van der Waals surface area contributed by atoms with Crippen LogP contribution >= 0.6 is 0 Å². The molecule has 4 nitrogen and oxygen atoms in total. The molecule has 1 aromatic carbocycles. The van der Waals surface area contributed by atoms with E-state index < -0.39 is 5.97 Å². The summed E-state index contributed by atoms with van der Waals surface area (Å²) in [5.74, 6) is -0.738. The Bertz CT molecular complexity index is 746. The van der Waals surface area contributed by atoms with Crippen molar-refractivity contribution in [1.82, 2.24) is 9.97 Å². The molecule has 0 amide bonds. The number of fused-ring (bicyclic) bond motifs is 3. The minimum absolute atomic E-state index is 0.217. The maximum atomic E-state index is 10.5. The van der Waals surface area contributed by atoms with Gasteiger partial charge in [-0.15, -0.1) is 0 Å². The number of carboxylic acids is 1. The second-order valence-electron chi connectivity index (χ2n) is 4.67. The van der Waals surface area contributed by atoms with Crippen molar-refractivity contribution in [3.05, 3.63) is 42.2 Å². The zero-order chi connectivity index (χ0) is 13.2. The van der Waals surface area contributed by atoms with Crippen molar-refractivity contribution in [2.75, 3.05) is 0 Å². The number of H-pyrrole nitrogens is 1. The monoisotopic (exact) mass is 254 g/mol. The predicted molar refractivity (Wildman–Crippen MR) is 74.2 cm³/mol. The van der Waals surface area contributed by atoms with Crippen LogP contribution in [0.4, 0.5) is 0 Å². The topological polar surface area (TPSA) is 66.0 Å². The molecule has 0 aliphatic carbocycles. The molecule has 3 rings (SSSR count). The molecule has 0 spiro atoms. The van der Waals surface area contributed by atoms with E-state index in [1.54, 1.807) is 6.20 Å². The first-order valence-electron chi connectivity index (χ1n) is 6.30. The quantitative estimate of drug-likeness (QED) is 0.751. The molecule has 0 bridgehead atoms. The Labute approximate surface area is 110 Å². The Morgan fingerprint density at radius 1 is 1.21 bits per heavy atom. The van der Waals surface area contributed by atoms with Crippen LogP contribution in [-0.2, 0) is 11.2 Å². The largest absolute Gasteiger partial charge is 0.481 e. The maximum absolute atomic E-state index is 10.5. The Kier molecular flexibility index (Phi) is 2.91. The van der Waals surface area contributed by atoms with E-state index in [1.807, 2.05) is 12.3 Å². The van der Waals surface area contributed by atoms with Crippen LogP contribution in [0.15, 0.2) is 36.7 Å². The second-order valence-corrected chi connectivity index (χ2v) is 4.67. The zero-order valence-corrected chi connectivity index (χ0v) is 10.4. The Hall–Kier alpha value is -2.36. The van der Waals surface area contributed by atoms with Gasteiger partial charge in [-0.05, 0) is 30.5 Å². The first-order valence-corrected chi connectivity index (χ1v) is 6.30. The molecule has 0 saturated heterocycles. The number of nitrogens with zero attached hydrogens (tertiary/aromatic N) is 1. The lowest BCUT2D eigenvalue weighted by Crippen LogP contribution is -1.95. The first-order chi connectivity index (χ1) is 9.24. The average molecular weight is 254 g/mol. The zero-order valence-electron chi connectivity index (χ0n) is 10.4. The number of carboxylic acid groups (broad SMARTS) is 1. The third kappa shape index (κ3) is 2.29. The lowest BCUT2D eigenvalue weighted by atomic mass is 10.1. The van der Waals surface area contributed by atoms with E-state index in [0.29, 0.717) is 6.42 Å². The van der Waals surface area contributed by atoms with Crippen molar-refractivity contribution in [2.24, 2.45) is 0 Å². The highest BCUT2D eigenvalue weighted by molar-refractivity contribution is 6.06. The number of rotatable bonds is 4. The summed E-state index contributed by atoms with van der Waals surface area (Å²) in [5, 5.41) is 10.9. The molecular formula is C15H14N2O2. The van der Waals surface area contributed by atoms with Gasteiger partial charge in [0.15, 0.2) is 0 Å². The molecule has 2 N–H and O–H groups in total. The number of aromatic amines is 1. The van der Waals surface area contributed by atoms with Gasteiger partial charge in [0.05, 0.1) is 0 Å². The highest BCUT2D eigenvalue weighted by atomic mass is 16.4. The molecule has 0 atom stereocenters. The van der Waals surface area contributed by atoms with E-state index in [2.05, 4.69) is 28.2 Å². The number of pyridine rings is 1. The van der Waals surface area contributed by atoms with Gasteiger partial charge in [0.25, 0.3) is 0 Å². The maximum Gasteiger partial charge on any atom is 0.303 e. The van der Waals surface area contributed by atoms with Crippen molar-refractivity contribution in [3.8, 4) is 0 Å². The predicted octanol–water partition coefficient (Wildman–Crippen LogP) is 3.12. The lowest BCUT2D eigenvalue weighted by molar-refractivity contribution is -0.137. The number of benzene rings is 1. The van der Waals surface area contributed by atoms with Gasteiger partial charge in [0, 0.05) is 40.6 Å². The average Bonchev–Trinajstić information content (AvgIpc) is 2.76. The molecule has 4 heteroatoms. The summed E-state index contributed by atoms with van der Waals surface area (Å²) >= 11 is 0. The fourth-order valence-corrected chi connectivity index (χ4v) is 2.39. The number of nitrogens with one attached hydrogen (secondary N) is 1. The van der Waals surface area contributed by atoms with E-state index in [4.69, 9.17) is 5.11 Å². The van der Waals surface area contributed by atoms with Gasteiger partial charge in [0.2, 0.25) is 0 Å². The number of carbonyl (C=O) groups is 1. The van der Waals surface area contributed by atoms with Crippen LogP contribution in [0.3, 0.4) is 0 Å². The molecule has 2 heterocycles.